The van der Waals surface area contributed by atoms with Crippen molar-refractivity contribution in [1.29, 1.82) is 0 Å². The Morgan fingerprint density at radius 2 is 2.20 bits per heavy atom. The molecular weight excluding hydrogens is 268 g/mol. The fourth-order valence-electron chi connectivity index (χ4n) is 3.05. The van der Waals surface area contributed by atoms with Crippen molar-refractivity contribution in [2.75, 3.05) is 31.1 Å². The van der Waals surface area contributed by atoms with Gasteiger partial charge in [0.1, 0.15) is 0 Å². The van der Waals surface area contributed by atoms with E-state index in [2.05, 4.69) is 40.5 Å². The second-order valence-electron chi connectivity index (χ2n) is 6.11. The van der Waals surface area contributed by atoms with Crippen molar-refractivity contribution in [1.82, 2.24) is 10.2 Å². The van der Waals surface area contributed by atoms with Gasteiger partial charge in [-0.05, 0) is 24.2 Å². The van der Waals surface area contributed by atoms with Crippen LogP contribution in [0.1, 0.15) is 18.4 Å². The van der Waals surface area contributed by atoms with Crippen LogP contribution in [0.25, 0.3) is 0 Å². The zero-order valence-corrected chi connectivity index (χ0v) is 12.7. The minimum Gasteiger partial charge on any atom is -0.388 e. The number of hydrogen-bond donors (Lipinski definition) is 2. The smallest absolute Gasteiger partial charge is 0.0869 e. The van der Waals surface area contributed by atoms with Gasteiger partial charge >= 0.3 is 0 Å². The van der Waals surface area contributed by atoms with E-state index in [0.717, 1.165) is 44.1 Å². The van der Waals surface area contributed by atoms with Crippen LogP contribution in [0, 0.1) is 0 Å². The Hall–Kier alpha value is -0.550. The molecule has 2 fully saturated rings. The van der Waals surface area contributed by atoms with Gasteiger partial charge in [-0.1, -0.05) is 30.3 Å². The number of aliphatic hydroxyl groups is 1. The first kappa shape index (κ1) is 14.4. The summed E-state index contributed by atoms with van der Waals surface area (Å²) in [6.45, 7) is 4.04. The van der Waals surface area contributed by atoms with E-state index in [1.165, 1.54) is 12.0 Å². The predicted molar refractivity (Wildman–Crippen MR) is 85.0 cm³/mol. The molecule has 0 radical (unpaired) electrons. The minimum absolute atomic E-state index is 0.461. The van der Waals surface area contributed by atoms with E-state index in [1.807, 2.05) is 11.8 Å². The summed E-state index contributed by atoms with van der Waals surface area (Å²) in [5.41, 5.74) is 0.927. The summed E-state index contributed by atoms with van der Waals surface area (Å²) < 4.78 is 0. The molecule has 2 atom stereocenters. The van der Waals surface area contributed by atoms with Gasteiger partial charge in [-0.15, -0.1) is 0 Å². The highest BCUT2D eigenvalue weighted by molar-refractivity contribution is 7.99. The van der Waals surface area contributed by atoms with Crippen molar-refractivity contribution < 1.29 is 5.11 Å². The molecule has 0 unspecified atom stereocenters. The molecule has 3 rings (SSSR count). The Balaban J connectivity index is 1.43. The molecule has 0 saturated carbocycles. The maximum atomic E-state index is 10.4. The van der Waals surface area contributed by atoms with Gasteiger partial charge in [0.15, 0.2) is 0 Å². The van der Waals surface area contributed by atoms with E-state index in [0.29, 0.717) is 6.04 Å². The highest BCUT2D eigenvalue weighted by Gasteiger charge is 2.33. The van der Waals surface area contributed by atoms with Gasteiger partial charge in [-0.2, -0.15) is 11.8 Å². The molecule has 0 spiro atoms. The quantitative estimate of drug-likeness (QED) is 0.866. The number of likely N-dealkylation sites (tertiary alicyclic amines) is 1. The number of benzene rings is 1. The normalized spacial score (nSPS) is 30.9. The standard InChI is InChI=1S/C16H24N2OS/c19-16(7-9-20-13-16)12-17-15-6-8-18(11-15)10-14-4-2-1-3-5-14/h1-5,15,17,19H,6-13H2/t15-,16-/m0/s1. The van der Waals surface area contributed by atoms with Crippen molar-refractivity contribution in [3.8, 4) is 0 Å². The number of hydrogen-bond acceptors (Lipinski definition) is 4. The molecule has 2 heterocycles. The predicted octanol–water partition coefficient (Wildman–Crippen LogP) is 1.72. The lowest BCUT2D eigenvalue weighted by Gasteiger charge is -2.24. The maximum absolute atomic E-state index is 10.4. The first-order valence-corrected chi connectivity index (χ1v) is 8.69. The highest BCUT2D eigenvalue weighted by atomic mass is 32.2. The summed E-state index contributed by atoms with van der Waals surface area (Å²) in [7, 11) is 0. The molecule has 110 valence electrons. The van der Waals surface area contributed by atoms with Crippen LogP contribution in [0.2, 0.25) is 0 Å². The van der Waals surface area contributed by atoms with Gasteiger partial charge in [0, 0.05) is 38.0 Å². The molecule has 1 aromatic carbocycles. The lowest BCUT2D eigenvalue weighted by molar-refractivity contribution is 0.0648. The molecular formula is C16H24N2OS. The van der Waals surface area contributed by atoms with Crippen molar-refractivity contribution in [3.63, 3.8) is 0 Å². The Kier molecular flexibility index (Phi) is 4.66. The van der Waals surface area contributed by atoms with Crippen LogP contribution in [0.5, 0.6) is 0 Å². The van der Waals surface area contributed by atoms with Gasteiger partial charge in [0.25, 0.3) is 0 Å². The van der Waals surface area contributed by atoms with Gasteiger partial charge in [0.05, 0.1) is 5.60 Å². The van der Waals surface area contributed by atoms with Gasteiger partial charge in [-0.3, -0.25) is 4.90 Å². The third-order valence-corrected chi connectivity index (χ3v) is 5.56. The lowest BCUT2D eigenvalue weighted by atomic mass is 10.0. The fraction of sp³-hybridized carbons (Fsp3) is 0.625. The van der Waals surface area contributed by atoms with E-state index >= 15 is 0 Å². The van der Waals surface area contributed by atoms with Crippen LogP contribution in [0.15, 0.2) is 30.3 Å². The van der Waals surface area contributed by atoms with Crippen LogP contribution in [0.3, 0.4) is 0 Å². The molecule has 20 heavy (non-hydrogen) atoms. The van der Waals surface area contributed by atoms with Crippen LogP contribution in [0.4, 0.5) is 0 Å². The van der Waals surface area contributed by atoms with Crippen molar-refractivity contribution in [2.45, 2.75) is 31.0 Å². The molecule has 3 nitrogen and oxygen atoms in total. The van der Waals surface area contributed by atoms with E-state index in [4.69, 9.17) is 0 Å². The van der Waals surface area contributed by atoms with Gasteiger partial charge < -0.3 is 10.4 Å². The SMILES string of the molecule is O[C@]1(CN[C@H]2CCN(Cc3ccccc3)C2)CCSC1. The second-order valence-corrected chi connectivity index (χ2v) is 7.22. The third-order valence-electron chi connectivity index (χ3n) is 4.32. The van der Waals surface area contributed by atoms with E-state index in [1.54, 1.807) is 0 Å². The van der Waals surface area contributed by atoms with Crippen LogP contribution < -0.4 is 5.32 Å². The second kappa shape index (κ2) is 6.48. The molecule has 2 aliphatic rings. The van der Waals surface area contributed by atoms with Crippen molar-refractivity contribution in [2.24, 2.45) is 0 Å². The maximum Gasteiger partial charge on any atom is 0.0869 e. The largest absolute Gasteiger partial charge is 0.388 e. The van der Waals surface area contributed by atoms with Crippen molar-refractivity contribution >= 4 is 11.8 Å². The molecule has 1 aromatic rings. The van der Waals surface area contributed by atoms with Crippen molar-refractivity contribution in [3.05, 3.63) is 35.9 Å². The topological polar surface area (TPSA) is 35.5 Å². The molecule has 4 heteroatoms. The van der Waals surface area contributed by atoms with Crippen LogP contribution in [-0.2, 0) is 6.54 Å². The summed E-state index contributed by atoms with van der Waals surface area (Å²) in [5, 5.41) is 13.9. The number of thioether (sulfide) groups is 1. The minimum atomic E-state index is -0.461. The first-order valence-electron chi connectivity index (χ1n) is 7.53. The van der Waals surface area contributed by atoms with Crippen LogP contribution >= 0.6 is 11.8 Å². The molecule has 2 N–H and O–H groups in total. The molecule has 0 aromatic heterocycles. The van der Waals surface area contributed by atoms with Gasteiger partial charge in [-0.25, -0.2) is 0 Å². The molecule has 0 amide bonds. The summed E-state index contributed by atoms with van der Waals surface area (Å²) in [6, 6.07) is 11.2. The zero-order valence-electron chi connectivity index (χ0n) is 11.9. The highest BCUT2D eigenvalue weighted by Crippen LogP contribution is 2.27. The number of nitrogens with one attached hydrogen (secondary N) is 1. The summed E-state index contributed by atoms with van der Waals surface area (Å²) in [5.74, 6) is 1.99. The Labute approximate surface area is 125 Å². The molecule has 0 aliphatic carbocycles. The third kappa shape index (κ3) is 3.76. The van der Waals surface area contributed by atoms with E-state index in [9.17, 15) is 5.11 Å². The zero-order chi connectivity index (χ0) is 13.8. The lowest BCUT2D eigenvalue weighted by Crippen LogP contribution is -2.45. The van der Waals surface area contributed by atoms with Gasteiger partial charge in [0.2, 0.25) is 0 Å². The average molecular weight is 292 g/mol. The monoisotopic (exact) mass is 292 g/mol. The van der Waals surface area contributed by atoms with Crippen LogP contribution in [-0.4, -0.2) is 52.8 Å². The Morgan fingerprint density at radius 1 is 1.35 bits per heavy atom. The summed E-state index contributed by atoms with van der Waals surface area (Å²) in [4.78, 5) is 2.50. The Bertz CT molecular complexity index is 420. The Morgan fingerprint density at radius 3 is 2.95 bits per heavy atom. The number of rotatable bonds is 5. The average Bonchev–Trinajstić information content (AvgIpc) is 3.08. The molecule has 2 aliphatic heterocycles. The summed E-state index contributed by atoms with van der Waals surface area (Å²) >= 11 is 1.87. The number of nitrogens with zero attached hydrogens (tertiary/aromatic N) is 1. The molecule has 0 bridgehead atoms. The summed E-state index contributed by atoms with van der Waals surface area (Å²) in [6.07, 6.45) is 2.13. The van der Waals surface area contributed by atoms with E-state index in [-0.39, 0.29) is 0 Å². The molecule has 2 saturated heterocycles. The van der Waals surface area contributed by atoms with E-state index < -0.39 is 5.60 Å². The fourth-order valence-corrected chi connectivity index (χ4v) is 4.35. The first-order chi connectivity index (χ1) is 9.73.